The Kier molecular flexibility index (Phi) is 6.19. The second kappa shape index (κ2) is 8.39. The first-order valence-electron chi connectivity index (χ1n) is 8.57. The van der Waals surface area contributed by atoms with Gasteiger partial charge in [-0.05, 0) is 62.3 Å². The van der Waals surface area contributed by atoms with E-state index < -0.39 is 0 Å². The van der Waals surface area contributed by atoms with Gasteiger partial charge in [0, 0.05) is 28.5 Å². The molecule has 2 aromatic rings. The molecule has 1 unspecified atom stereocenters. The van der Waals surface area contributed by atoms with Gasteiger partial charge in [-0.2, -0.15) is 0 Å². The van der Waals surface area contributed by atoms with Crippen molar-refractivity contribution in [2.45, 2.75) is 49.2 Å². The third-order valence-corrected chi connectivity index (χ3v) is 6.20. The lowest BCUT2D eigenvalue weighted by molar-refractivity contribution is -0.121. The van der Waals surface area contributed by atoms with E-state index in [2.05, 4.69) is 15.3 Å². The molecule has 2 heterocycles. The number of carbonyl (C=O) groups is 1. The summed E-state index contributed by atoms with van der Waals surface area (Å²) >= 11 is 3.22. The monoisotopic (exact) mass is 391 g/mol. The quantitative estimate of drug-likeness (QED) is 0.610. The van der Waals surface area contributed by atoms with E-state index in [0.29, 0.717) is 12.8 Å². The Bertz CT molecular complexity index is 805. The molecule has 3 rings (SSSR count). The van der Waals surface area contributed by atoms with Crippen LogP contribution in [0.1, 0.15) is 41.4 Å². The lowest BCUT2D eigenvalue weighted by Crippen LogP contribution is -2.31. The highest BCUT2D eigenvalue weighted by molar-refractivity contribution is 7.99. The van der Waals surface area contributed by atoms with Gasteiger partial charge in [0.05, 0.1) is 6.04 Å². The smallest absolute Gasteiger partial charge is 0.220 e. The fraction of sp³-hybridized carbons (Fsp3) is 0.421. The topological polar surface area (TPSA) is 54.9 Å². The average Bonchev–Trinajstić information content (AvgIpc) is 2.61. The molecular formula is C19H22FN3OS2. The Balaban J connectivity index is 1.65. The normalized spacial score (nSPS) is 16.2. The van der Waals surface area contributed by atoms with Gasteiger partial charge in [0.2, 0.25) is 5.91 Å². The van der Waals surface area contributed by atoms with Gasteiger partial charge in [0.1, 0.15) is 5.82 Å². The predicted octanol–water partition coefficient (Wildman–Crippen LogP) is 4.24. The van der Waals surface area contributed by atoms with Crippen molar-refractivity contribution in [1.82, 2.24) is 15.3 Å². The highest BCUT2D eigenvalue weighted by atomic mass is 32.2. The van der Waals surface area contributed by atoms with Gasteiger partial charge >= 0.3 is 0 Å². The predicted molar refractivity (Wildman–Crippen MR) is 104 cm³/mol. The molecule has 1 atom stereocenters. The van der Waals surface area contributed by atoms with Gasteiger partial charge in [0.25, 0.3) is 0 Å². The number of aryl methyl sites for hydroxylation is 2. The molecule has 0 aliphatic carbocycles. The van der Waals surface area contributed by atoms with Crippen LogP contribution in [-0.4, -0.2) is 27.9 Å². The molecule has 1 aliphatic heterocycles. The van der Waals surface area contributed by atoms with Crippen LogP contribution in [0.4, 0.5) is 4.39 Å². The molecule has 0 radical (unpaired) electrons. The van der Waals surface area contributed by atoms with E-state index in [-0.39, 0.29) is 17.8 Å². The minimum absolute atomic E-state index is 0.0233. The number of fused-ring (bicyclic) bond motifs is 1. The third-order valence-electron chi connectivity index (χ3n) is 4.53. The van der Waals surface area contributed by atoms with E-state index in [1.165, 1.54) is 23.9 Å². The Morgan fingerprint density at radius 2 is 2.08 bits per heavy atom. The van der Waals surface area contributed by atoms with E-state index in [9.17, 15) is 9.18 Å². The Morgan fingerprint density at radius 3 is 2.77 bits per heavy atom. The van der Waals surface area contributed by atoms with Crippen molar-refractivity contribution < 1.29 is 9.18 Å². The van der Waals surface area contributed by atoms with Crippen LogP contribution in [0.25, 0.3) is 0 Å². The van der Waals surface area contributed by atoms with Crippen molar-refractivity contribution >= 4 is 29.4 Å². The van der Waals surface area contributed by atoms with Gasteiger partial charge in [-0.25, -0.2) is 14.4 Å². The molecule has 1 aliphatic rings. The number of halogens is 1. The van der Waals surface area contributed by atoms with Crippen molar-refractivity contribution in [3.05, 3.63) is 46.5 Å². The second-order valence-electron chi connectivity index (χ2n) is 6.30. The van der Waals surface area contributed by atoms with Crippen LogP contribution in [0.15, 0.2) is 28.3 Å². The number of nitrogens with zero attached hydrogens (tertiary/aromatic N) is 2. The number of thioether (sulfide) groups is 2. The summed E-state index contributed by atoms with van der Waals surface area (Å²) in [5, 5.41) is 3.83. The molecule has 4 nitrogen and oxygen atoms in total. The lowest BCUT2D eigenvalue weighted by Gasteiger charge is -2.26. The number of amides is 1. The molecule has 0 spiro atoms. The minimum Gasteiger partial charge on any atom is -0.349 e. The molecule has 7 heteroatoms. The van der Waals surface area contributed by atoms with Gasteiger partial charge in [-0.3, -0.25) is 4.79 Å². The summed E-state index contributed by atoms with van der Waals surface area (Å²) < 4.78 is 13.6. The first kappa shape index (κ1) is 19.2. The molecule has 0 fully saturated rings. The number of carbonyl (C=O) groups excluding carboxylic acids is 1. The van der Waals surface area contributed by atoms with Crippen LogP contribution < -0.4 is 5.32 Å². The van der Waals surface area contributed by atoms with Crippen LogP contribution in [0.5, 0.6) is 0 Å². The highest BCUT2D eigenvalue weighted by Gasteiger charge is 2.23. The second-order valence-corrected chi connectivity index (χ2v) is 8.21. The van der Waals surface area contributed by atoms with Crippen LogP contribution in [-0.2, 0) is 11.2 Å². The van der Waals surface area contributed by atoms with Gasteiger partial charge in [-0.15, -0.1) is 11.8 Å². The molecule has 0 saturated carbocycles. The summed E-state index contributed by atoms with van der Waals surface area (Å²) in [6, 6.07) is 4.69. The third kappa shape index (κ3) is 4.38. The van der Waals surface area contributed by atoms with Crippen molar-refractivity contribution in [2.24, 2.45) is 0 Å². The first-order chi connectivity index (χ1) is 12.5. The fourth-order valence-corrected chi connectivity index (χ4v) is 4.74. The van der Waals surface area contributed by atoms with Gasteiger partial charge in [-0.1, -0.05) is 11.8 Å². The molecule has 1 aromatic carbocycles. The summed E-state index contributed by atoms with van der Waals surface area (Å²) in [7, 11) is 0. The summed E-state index contributed by atoms with van der Waals surface area (Å²) in [5.41, 5.74) is 3.77. The number of nitrogens with one attached hydrogen (secondary N) is 1. The van der Waals surface area contributed by atoms with Crippen LogP contribution >= 0.6 is 23.5 Å². The average molecular weight is 392 g/mol. The van der Waals surface area contributed by atoms with E-state index >= 15 is 0 Å². The molecule has 26 heavy (non-hydrogen) atoms. The zero-order valence-corrected chi connectivity index (χ0v) is 16.8. The maximum Gasteiger partial charge on any atom is 0.220 e. The summed E-state index contributed by atoms with van der Waals surface area (Å²) in [5.74, 6) is 0.638. The molecule has 1 aromatic heterocycles. The number of aromatic nitrogens is 2. The summed E-state index contributed by atoms with van der Waals surface area (Å²) in [6.45, 7) is 3.91. The van der Waals surface area contributed by atoms with Crippen LogP contribution in [0.3, 0.4) is 0 Å². The molecular weight excluding hydrogens is 369 g/mol. The van der Waals surface area contributed by atoms with Gasteiger partial charge < -0.3 is 5.32 Å². The molecule has 1 amide bonds. The standard InChI is InChI=1S/C19H22FN3OS2/c1-11-14(12(2)22-19(21-11)25-3)5-7-18(24)23-16-8-9-26-17-6-4-13(20)10-15(16)17/h4,6,10,16H,5,7-9H2,1-3H3,(H,23,24). The van der Waals surface area contributed by atoms with Crippen LogP contribution in [0.2, 0.25) is 0 Å². The van der Waals surface area contributed by atoms with Crippen molar-refractivity contribution in [1.29, 1.82) is 0 Å². The Morgan fingerprint density at radius 1 is 1.35 bits per heavy atom. The molecule has 138 valence electrons. The maximum atomic E-state index is 13.6. The van der Waals surface area contributed by atoms with E-state index in [1.54, 1.807) is 17.8 Å². The fourth-order valence-electron chi connectivity index (χ4n) is 3.18. The molecule has 0 saturated heterocycles. The van der Waals surface area contributed by atoms with E-state index in [4.69, 9.17) is 0 Å². The highest BCUT2D eigenvalue weighted by Crippen LogP contribution is 2.36. The Labute approximate surface area is 161 Å². The Hall–Kier alpha value is -1.60. The van der Waals surface area contributed by atoms with Crippen molar-refractivity contribution in [3.63, 3.8) is 0 Å². The minimum atomic E-state index is -0.261. The maximum absolute atomic E-state index is 13.6. The number of hydrogen-bond donors (Lipinski definition) is 1. The SMILES string of the molecule is CSc1nc(C)c(CCC(=O)NC2CCSc3ccc(F)cc32)c(C)n1. The van der Waals surface area contributed by atoms with Crippen molar-refractivity contribution in [2.75, 3.05) is 12.0 Å². The zero-order valence-electron chi connectivity index (χ0n) is 15.1. The number of benzene rings is 1. The van der Waals surface area contributed by atoms with E-state index in [0.717, 1.165) is 44.7 Å². The first-order valence-corrected chi connectivity index (χ1v) is 10.8. The number of hydrogen-bond acceptors (Lipinski definition) is 5. The van der Waals surface area contributed by atoms with Gasteiger partial charge in [0.15, 0.2) is 5.16 Å². The van der Waals surface area contributed by atoms with E-state index in [1.807, 2.05) is 20.1 Å². The lowest BCUT2D eigenvalue weighted by atomic mass is 10.0. The van der Waals surface area contributed by atoms with Crippen LogP contribution in [0, 0.1) is 19.7 Å². The number of rotatable bonds is 5. The summed E-state index contributed by atoms with van der Waals surface area (Å²) in [4.78, 5) is 22.4. The largest absolute Gasteiger partial charge is 0.349 e. The molecule has 1 N–H and O–H groups in total. The molecule has 0 bridgehead atoms. The zero-order chi connectivity index (χ0) is 18.7. The van der Waals surface area contributed by atoms with Crippen molar-refractivity contribution in [3.8, 4) is 0 Å². The summed E-state index contributed by atoms with van der Waals surface area (Å²) in [6.07, 6.45) is 3.74.